The standard InChI is InChI=1S/C20H20O4/c1-4-5-11-6-7-12(13(9-11)23-3)15-18(21)16-14-8-10(2)20(24-14)17(16)19(15)22/h6-7,9-10,14-17,20H,8H2,1-3H3/t10?,14?,15?,16-,17+,20?/m0/s1. The minimum Gasteiger partial charge on any atom is -0.496 e. The molecular weight excluding hydrogens is 304 g/mol. The third kappa shape index (κ3) is 1.98. The van der Waals surface area contributed by atoms with Gasteiger partial charge in [-0.3, -0.25) is 9.59 Å². The van der Waals surface area contributed by atoms with Crippen molar-refractivity contribution in [1.29, 1.82) is 0 Å². The molecule has 2 aliphatic heterocycles. The molecule has 1 aliphatic carbocycles. The van der Waals surface area contributed by atoms with Crippen LogP contribution < -0.4 is 4.74 Å². The molecule has 6 atom stereocenters. The molecule has 1 aromatic carbocycles. The number of ketones is 2. The van der Waals surface area contributed by atoms with Gasteiger partial charge in [0.15, 0.2) is 11.6 Å². The number of hydrogen-bond donors (Lipinski definition) is 0. The first-order valence-corrected chi connectivity index (χ1v) is 8.40. The second kappa shape index (κ2) is 5.46. The van der Waals surface area contributed by atoms with Gasteiger partial charge in [0.25, 0.3) is 0 Å². The number of ether oxygens (including phenoxy) is 2. The lowest BCUT2D eigenvalue weighted by atomic mass is 9.76. The van der Waals surface area contributed by atoms with Crippen molar-refractivity contribution >= 4 is 11.6 Å². The summed E-state index contributed by atoms with van der Waals surface area (Å²) >= 11 is 0. The number of hydrogen-bond acceptors (Lipinski definition) is 4. The predicted molar refractivity (Wildman–Crippen MR) is 87.7 cm³/mol. The van der Waals surface area contributed by atoms with Gasteiger partial charge in [-0.1, -0.05) is 18.9 Å². The van der Waals surface area contributed by atoms with Gasteiger partial charge in [0, 0.05) is 11.1 Å². The third-order valence-electron chi connectivity index (χ3n) is 5.68. The van der Waals surface area contributed by atoms with E-state index in [-0.39, 0.29) is 35.6 Å². The Hall–Kier alpha value is -2.12. The zero-order chi connectivity index (χ0) is 17.0. The topological polar surface area (TPSA) is 52.6 Å². The molecule has 2 bridgehead atoms. The van der Waals surface area contributed by atoms with E-state index in [9.17, 15) is 9.59 Å². The smallest absolute Gasteiger partial charge is 0.154 e. The summed E-state index contributed by atoms with van der Waals surface area (Å²) in [6.07, 6.45) is 0.685. The number of benzene rings is 1. The normalized spacial score (nSPS) is 36.5. The molecule has 4 nitrogen and oxygen atoms in total. The Morgan fingerprint density at radius 1 is 1.21 bits per heavy atom. The molecule has 0 N–H and O–H groups in total. The van der Waals surface area contributed by atoms with E-state index in [1.807, 2.05) is 12.1 Å². The summed E-state index contributed by atoms with van der Waals surface area (Å²) in [6.45, 7) is 3.87. The number of Topliss-reactive ketones (excluding diaryl/α,β-unsaturated/α-hetero) is 2. The summed E-state index contributed by atoms with van der Waals surface area (Å²) in [4.78, 5) is 26.0. The van der Waals surface area contributed by atoms with Gasteiger partial charge in [0.05, 0.1) is 31.2 Å². The number of rotatable bonds is 2. The number of carbonyl (C=O) groups excluding carboxylic acids is 2. The van der Waals surface area contributed by atoms with Crippen LogP contribution in [0.2, 0.25) is 0 Å². The van der Waals surface area contributed by atoms with Crippen LogP contribution in [0.25, 0.3) is 0 Å². The van der Waals surface area contributed by atoms with Crippen molar-refractivity contribution in [2.45, 2.75) is 38.4 Å². The Bertz CT molecular complexity index is 785. The maximum atomic E-state index is 13.0. The summed E-state index contributed by atoms with van der Waals surface area (Å²) in [5.74, 6) is 5.43. The zero-order valence-electron chi connectivity index (χ0n) is 14.0. The summed E-state index contributed by atoms with van der Waals surface area (Å²) in [5.41, 5.74) is 1.48. The molecule has 1 saturated carbocycles. The molecule has 24 heavy (non-hydrogen) atoms. The number of methoxy groups -OCH3 is 1. The molecule has 4 unspecified atom stereocenters. The largest absolute Gasteiger partial charge is 0.496 e. The van der Waals surface area contributed by atoms with Gasteiger partial charge in [0.1, 0.15) is 11.7 Å². The highest BCUT2D eigenvalue weighted by molar-refractivity contribution is 6.17. The molecule has 1 aromatic rings. The van der Waals surface area contributed by atoms with Crippen LogP contribution in [0.3, 0.4) is 0 Å². The Balaban J connectivity index is 1.74. The lowest BCUT2D eigenvalue weighted by Crippen LogP contribution is -2.33. The average molecular weight is 324 g/mol. The van der Waals surface area contributed by atoms with E-state index in [1.54, 1.807) is 20.1 Å². The second-order valence-corrected chi connectivity index (χ2v) is 6.97. The summed E-state index contributed by atoms with van der Waals surface area (Å²) in [5, 5.41) is 0. The first-order chi connectivity index (χ1) is 11.6. The fraction of sp³-hybridized carbons (Fsp3) is 0.500. The highest BCUT2D eigenvalue weighted by Crippen LogP contribution is 2.54. The first-order valence-electron chi connectivity index (χ1n) is 8.40. The van der Waals surface area contributed by atoms with Crippen LogP contribution in [0.4, 0.5) is 0 Å². The highest BCUT2D eigenvalue weighted by atomic mass is 16.5. The molecule has 4 rings (SSSR count). The van der Waals surface area contributed by atoms with Crippen LogP contribution in [0.1, 0.15) is 37.3 Å². The molecule has 2 saturated heterocycles. The zero-order valence-corrected chi connectivity index (χ0v) is 14.0. The molecule has 0 amide bonds. The van der Waals surface area contributed by atoms with Crippen LogP contribution in [-0.4, -0.2) is 30.9 Å². The SMILES string of the molecule is CC#Cc1ccc(C2C(=O)[C@@H]3C4OC(CC4C)[C@@H]3C2=O)c(OC)c1. The Kier molecular flexibility index (Phi) is 3.51. The van der Waals surface area contributed by atoms with E-state index in [0.29, 0.717) is 17.2 Å². The van der Waals surface area contributed by atoms with Crippen LogP contribution in [-0.2, 0) is 14.3 Å². The number of fused-ring (bicyclic) bond motifs is 5. The Labute approximate surface area is 141 Å². The van der Waals surface area contributed by atoms with Gasteiger partial charge in [-0.2, -0.15) is 0 Å². The fourth-order valence-electron chi connectivity index (χ4n) is 4.70. The van der Waals surface area contributed by atoms with Gasteiger partial charge >= 0.3 is 0 Å². The van der Waals surface area contributed by atoms with Crippen LogP contribution in [0.15, 0.2) is 18.2 Å². The third-order valence-corrected chi connectivity index (χ3v) is 5.68. The maximum Gasteiger partial charge on any atom is 0.154 e. The average Bonchev–Trinajstić information content (AvgIpc) is 3.19. The quantitative estimate of drug-likeness (QED) is 0.619. The van der Waals surface area contributed by atoms with E-state index >= 15 is 0 Å². The van der Waals surface area contributed by atoms with Gasteiger partial charge in [-0.05, 0) is 31.4 Å². The van der Waals surface area contributed by atoms with Gasteiger partial charge < -0.3 is 9.47 Å². The molecule has 2 heterocycles. The molecule has 3 fully saturated rings. The number of carbonyl (C=O) groups is 2. The lowest BCUT2D eigenvalue weighted by Gasteiger charge is -2.22. The summed E-state index contributed by atoms with van der Waals surface area (Å²) in [6, 6.07) is 5.46. The molecule has 3 aliphatic rings. The predicted octanol–water partition coefficient (Wildman–Crippen LogP) is 2.34. The minimum atomic E-state index is -0.724. The van der Waals surface area contributed by atoms with Crippen molar-refractivity contribution in [3.05, 3.63) is 29.3 Å². The molecule has 0 radical (unpaired) electrons. The highest BCUT2D eigenvalue weighted by Gasteiger charge is 2.65. The minimum absolute atomic E-state index is 0.00275. The van der Waals surface area contributed by atoms with Crippen molar-refractivity contribution in [2.75, 3.05) is 7.11 Å². The Morgan fingerprint density at radius 2 is 1.96 bits per heavy atom. The molecule has 124 valence electrons. The molecule has 0 aromatic heterocycles. The van der Waals surface area contributed by atoms with Gasteiger partial charge in [-0.15, -0.1) is 5.92 Å². The monoisotopic (exact) mass is 324 g/mol. The van der Waals surface area contributed by atoms with E-state index in [4.69, 9.17) is 9.47 Å². The van der Waals surface area contributed by atoms with E-state index in [0.717, 1.165) is 12.0 Å². The van der Waals surface area contributed by atoms with Crippen LogP contribution in [0.5, 0.6) is 5.75 Å². The maximum absolute atomic E-state index is 13.0. The van der Waals surface area contributed by atoms with Crippen molar-refractivity contribution in [2.24, 2.45) is 17.8 Å². The Morgan fingerprint density at radius 3 is 2.67 bits per heavy atom. The second-order valence-electron chi connectivity index (χ2n) is 6.97. The summed E-state index contributed by atoms with van der Waals surface area (Å²) < 4.78 is 11.3. The van der Waals surface area contributed by atoms with Crippen molar-refractivity contribution in [1.82, 2.24) is 0 Å². The van der Waals surface area contributed by atoms with Crippen LogP contribution in [0, 0.1) is 29.6 Å². The summed E-state index contributed by atoms with van der Waals surface area (Å²) in [7, 11) is 1.56. The van der Waals surface area contributed by atoms with Gasteiger partial charge in [0.2, 0.25) is 0 Å². The first kappa shape index (κ1) is 15.4. The van der Waals surface area contributed by atoms with Gasteiger partial charge in [-0.25, -0.2) is 0 Å². The van der Waals surface area contributed by atoms with E-state index in [1.165, 1.54) is 0 Å². The fourth-order valence-corrected chi connectivity index (χ4v) is 4.70. The molecule has 0 spiro atoms. The van der Waals surface area contributed by atoms with E-state index in [2.05, 4.69) is 18.8 Å². The van der Waals surface area contributed by atoms with E-state index < -0.39 is 5.92 Å². The molecular formula is C20H20O4. The van der Waals surface area contributed by atoms with Crippen molar-refractivity contribution in [3.63, 3.8) is 0 Å². The lowest BCUT2D eigenvalue weighted by molar-refractivity contribution is -0.127. The van der Waals surface area contributed by atoms with Crippen molar-refractivity contribution < 1.29 is 19.1 Å². The van der Waals surface area contributed by atoms with Crippen LogP contribution >= 0.6 is 0 Å². The van der Waals surface area contributed by atoms with Crippen molar-refractivity contribution in [3.8, 4) is 17.6 Å². The molecule has 4 heteroatoms.